The SMILES string of the molecule is CCC1CC(O)[C@H](CC=CCCCC(=O)O)[C@H]1C=CC(O)CCc1cc(Br)c(C)s1. The number of hydrogen-bond acceptors (Lipinski definition) is 4. The standard InChI is InChI=1S/C24H35BrO4S/c1-3-17-14-23(27)21(8-6-4-5-7-9-24(28)29)20(17)13-11-18(26)10-12-19-15-22(25)16(2)30-19/h4,6,11,13,15,17-18,20-21,23,26-27H,3,5,7-10,12,14H2,1-2H3,(H,28,29)/t17?,18?,20-,21+,23?/m0/s1. The molecule has 30 heavy (non-hydrogen) atoms. The molecule has 1 aliphatic carbocycles. The molecule has 2 rings (SSSR count). The van der Waals surface area contributed by atoms with Gasteiger partial charge in [-0.25, -0.2) is 0 Å². The van der Waals surface area contributed by atoms with E-state index in [0.717, 1.165) is 36.6 Å². The summed E-state index contributed by atoms with van der Waals surface area (Å²) in [5, 5.41) is 29.7. The van der Waals surface area contributed by atoms with Crippen LogP contribution in [0.2, 0.25) is 0 Å². The van der Waals surface area contributed by atoms with E-state index in [1.54, 1.807) is 11.3 Å². The van der Waals surface area contributed by atoms with Gasteiger partial charge in [0.2, 0.25) is 0 Å². The average Bonchev–Trinajstić information content (AvgIpc) is 3.19. The van der Waals surface area contributed by atoms with Crippen LogP contribution in [-0.4, -0.2) is 33.5 Å². The number of unbranched alkanes of at least 4 members (excludes halogenated alkanes) is 1. The zero-order chi connectivity index (χ0) is 22.1. The highest BCUT2D eigenvalue weighted by Crippen LogP contribution is 2.42. The molecule has 5 atom stereocenters. The highest BCUT2D eigenvalue weighted by Gasteiger charge is 2.39. The molecule has 1 fully saturated rings. The number of hydrogen-bond donors (Lipinski definition) is 3. The first-order valence-corrected chi connectivity index (χ1v) is 12.6. The number of aliphatic carboxylic acids is 1. The monoisotopic (exact) mass is 498 g/mol. The topological polar surface area (TPSA) is 77.8 Å². The summed E-state index contributed by atoms with van der Waals surface area (Å²) in [7, 11) is 0. The van der Waals surface area contributed by atoms with E-state index in [-0.39, 0.29) is 24.4 Å². The Morgan fingerprint density at radius 2 is 2.17 bits per heavy atom. The van der Waals surface area contributed by atoms with Gasteiger partial charge in [0.15, 0.2) is 0 Å². The molecule has 6 heteroatoms. The van der Waals surface area contributed by atoms with Crippen molar-refractivity contribution in [1.82, 2.24) is 0 Å². The van der Waals surface area contributed by atoms with Crippen molar-refractivity contribution in [3.8, 4) is 0 Å². The molecule has 1 saturated carbocycles. The van der Waals surface area contributed by atoms with Crippen molar-refractivity contribution >= 4 is 33.2 Å². The lowest BCUT2D eigenvalue weighted by molar-refractivity contribution is -0.137. The zero-order valence-corrected chi connectivity index (χ0v) is 20.4. The molecular formula is C24H35BrO4S. The number of thiophene rings is 1. The van der Waals surface area contributed by atoms with Crippen molar-refractivity contribution < 1.29 is 20.1 Å². The van der Waals surface area contributed by atoms with Crippen molar-refractivity contribution in [3.63, 3.8) is 0 Å². The second-order valence-corrected chi connectivity index (χ2v) is 10.5. The maximum Gasteiger partial charge on any atom is 0.303 e. The number of rotatable bonds is 12. The van der Waals surface area contributed by atoms with E-state index in [2.05, 4.69) is 48.0 Å². The molecule has 0 aromatic carbocycles. The van der Waals surface area contributed by atoms with Gasteiger partial charge in [-0.05, 0) is 85.2 Å². The second-order valence-electron chi connectivity index (χ2n) is 8.31. The van der Waals surface area contributed by atoms with Crippen molar-refractivity contribution in [2.45, 2.75) is 77.4 Å². The lowest BCUT2D eigenvalue weighted by Crippen LogP contribution is -2.19. The molecule has 0 radical (unpaired) electrons. The molecule has 4 nitrogen and oxygen atoms in total. The number of carboxylic acids is 1. The first kappa shape index (κ1) is 25.3. The quantitative estimate of drug-likeness (QED) is 0.248. The second kappa shape index (κ2) is 12.8. The lowest BCUT2D eigenvalue weighted by atomic mass is 9.85. The predicted octanol–water partition coefficient (Wildman–Crippen LogP) is 5.89. The number of carbonyl (C=O) groups is 1. The lowest BCUT2D eigenvalue weighted by Gasteiger charge is -2.21. The van der Waals surface area contributed by atoms with Gasteiger partial charge in [-0.2, -0.15) is 0 Å². The van der Waals surface area contributed by atoms with Crippen LogP contribution in [0.25, 0.3) is 0 Å². The predicted molar refractivity (Wildman–Crippen MR) is 127 cm³/mol. The first-order valence-electron chi connectivity index (χ1n) is 11.0. The number of aryl methyl sites for hydroxylation is 2. The number of aliphatic hydroxyl groups excluding tert-OH is 2. The normalized spacial score (nSPS) is 25.5. The molecule has 1 heterocycles. The third kappa shape index (κ3) is 7.95. The van der Waals surface area contributed by atoms with Gasteiger partial charge in [0, 0.05) is 20.6 Å². The van der Waals surface area contributed by atoms with Gasteiger partial charge < -0.3 is 15.3 Å². The van der Waals surface area contributed by atoms with E-state index in [4.69, 9.17) is 5.11 Å². The fraction of sp³-hybridized carbons (Fsp3) is 0.625. The maximum atomic E-state index is 10.6. The Bertz CT molecular complexity index is 707. The summed E-state index contributed by atoms with van der Waals surface area (Å²) in [5.74, 6) is 0.0993. The fourth-order valence-corrected chi connectivity index (χ4v) is 5.94. The molecule has 3 unspecified atom stereocenters. The first-order chi connectivity index (χ1) is 14.3. The molecular weight excluding hydrogens is 464 g/mol. The summed E-state index contributed by atoms with van der Waals surface area (Å²) in [6, 6.07) is 2.13. The molecule has 0 amide bonds. The van der Waals surface area contributed by atoms with Gasteiger partial charge in [0.25, 0.3) is 0 Å². The van der Waals surface area contributed by atoms with E-state index in [9.17, 15) is 15.0 Å². The van der Waals surface area contributed by atoms with E-state index >= 15 is 0 Å². The van der Waals surface area contributed by atoms with Crippen LogP contribution in [0.1, 0.15) is 61.6 Å². The Labute approximate surface area is 192 Å². The summed E-state index contributed by atoms with van der Waals surface area (Å²) in [4.78, 5) is 13.1. The summed E-state index contributed by atoms with van der Waals surface area (Å²) < 4.78 is 1.14. The van der Waals surface area contributed by atoms with E-state index in [1.165, 1.54) is 9.75 Å². The largest absolute Gasteiger partial charge is 0.481 e. The van der Waals surface area contributed by atoms with Gasteiger partial charge >= 0.3 is 5.97 Å². The van der Waals surface area contributed by atoms with Crippen LogP contribution in [0, 0.1) is 24.7 Å². The van der Waals surface area contributed by atoms with Crippen molar-refractivity contribution in [3.05, 3.63) is 44.6 Å². The Morgan fingerprint density at radius 1 is 1.40 bits per heavy atom. The maximum absolute atomic E-state index is 10.6. The molecule has 1 aliphatic rings. The minimum atomic E-state index is -0.758. The van der Waals surface area contributed by atoms with Crippen molar-refractivity contribution in [2.75, 3.05) is 0 Å². The van der Waals surface area contributed by atoms with Crippen LogP contribution in [0.4, 0.5) is 0 Å². The van der Waals surface area contributed by atoms with Gasteiger partial charge in [0.1, 0.15) is 0 Å². The minimum Gasteiger partial charge on any atom is -0.481 e. The Kier molecular flexibility index (Phi) is 10.8. The smallest absolute Gasteiger partial charge is 0.303 e. The molecule has 3 N–H and O–H groups in total. The third-order valence-electron chi connectivity index (χ3n) is 6.09. The molecule has 0 saturated heterocycles. The third-order valence-corrected chi connectivity index (χ3v) is 8.28. The molecule has 0 bridgehead atoms. The van der Waals surface area contributed by atoms with E-state index in [0.29, 0.717) is 18.8 Å². The molecule has 168 valence electrons. The Hall–Kier alpha value is -0.950. The summed E-state index contributed by atoms with van der Waals surface area (Å²) in [5.41, 5.74) is 0. The average molecular weight is 500 g/mol. The van der Waals surface area contributed by atoms with E-state index < -0.39 is 12.1 Å². The molecule has 1 aromatic rings. The number of allylic oxidation sites excluding steroid dienone is 3. The number of aliphatic hydroxyl groups is 2. The number of carboxylic acid groups (broad SMARTS) is 1. The zero-order valence-electron chi connectivity index (χ0n) is 18.0. The van der Waals surface area contributed by atoms with Crippen LogP contribution in [0.5, 0.6) is 0 Å². The van der Waals surface area contributed by atoms with Crippen LogP contribution in [-0.2, 0) is 11.2 Å². The molecule has 1 aromatic heterocycles. The highest BCUT2D eigenvalue weighted by molar-refractivity contribution is 9.10. The minimum absolute atomic E-state index is 0.157. The van der Waals surface area contributed by atoms with Crippen LogP contribution < -0.4 is 0 Å². The molecule has 0 spiro atoms. The Morgan fingerprint density at radius 3 is 2.80 bits per heavy atom. The van der Waals surface area contributed by atoms with Gasteiger partial charge in [-0.3, -0.25) is 4.79 Å². The van der Waals surface area contributed by atoms with E-state index in [1.807, 2.05) is 12.2 Å². The fourth-order valence-electron chi connectivity index (χ4n) is 4.33. The van der Waals surface area contributed by atoms with Crippen molar-refractivity contribution in [2.24, 2.45) is 17.8 Å². The van der Waals surface area contributed by atoms with Gasteiger partial charge in [0.05, 0.1) is 12.2 Å². The van der Waals surface area contributed by atoms with Gasteiger partial charge in [-0.15, -0.1) is 11.3 Å². The highest BCUT2D eigenvalue weighted by atomic mass is 79.9. The summed E-state index contributed by atoms with van der Waals surface area (Å²) >= 11 is 5.31. The van der Waals surface area contributed by atoms with Crippen LogP contribution in [0.15, 0.2) is 34.8 Å². The van der Waals surface area contributed by atoms with Crippen molar-refractivity contribution in [1.29, 1.82) is 0 Å². The Balaban J connectivity index is 1.88. The molecule has 0 aliphatic heterocycles. The van der Waals surface area contributed by atoms with Crippen LogP contribution >= 0.6 is 27.3 Å². The summed E-state index contributed by atoms with van der Waals surface area (Å²) in [6.45, 7) is 4.25. The summed E-state index contributed by atoms with van der Waals surface area (Å²) in [6.07, 6.45) is 13.1. The van der Waals surface area contributed by atoms with Crippen LogP contribution in [0.3, 0.4) is 0 Å². The van der Waals surface area contributed by atoms with Gasteiger partial charge in [-0.1, -0.05) is 37.6 Å². The number of halogens is 1.